The first-order valence-corrected chi connectivity index (χ1v) is 3.92. The number of hydrogen-bond acceptors (Lipinski definition) is 3. The Kier molecular flexibility index (Phi) is 3.17. The van der Waals surface area contributed by atoms with Crippen molar-refractivity contribution in [2.24, 2.45) is 0 Å². The minimum atomic E-state index is -4.98. The first kappa shape index (κ1) is 12.0. The van der Waals surface area contributed by atoms with Crippen LogP contribution < -0.4 is 4.74 Å². The van der Waals surface area contributed by atoms with Crippen LogP contribution >= 0.6 is 0 Å². The van der Waals surface area contributed by atoms with Crippen LogP contribution in [0.15, 0.2) is 18.2 Å². The van der Waals surface area contributed by atoms with E-state index in [1.54, 1.807) is 0 Å². The smallest absolute Gasteiger partial charge is 0.478 e. The minimum absolute atomic E-state index is 0.00449. The molecular weight excluding hydrogens is 229 g/mol. The number of aldehydes is 1. The minimum Gasteiger partial charge on any atom is -0.478 e. The summed E-state index contributed by atoms with van der Waals surface area (Å²) >= 11 is 0. The van der Waals surface area contributed by atoms with Crippen LogP contribution in [0.2, 0.25) is 0 Å². The highest BCUT2D eigenvalue weighted by atomic mass is 19.4. The monoisotopic (exact) mass is 234 g/mol. The van der Waals surface area contributed by atoms with Crippen molar-refractivity contribution in [1.29, 1.82) is 0 Å². The largest absolute Gasteiger partial charge is 0.573 e. The molecule has 16 heavy (non-hydrogen) atoms. The molecule has 0 aliphatic heterocycles. The third-order valence-electron chi connectivity index (χ3n) is 1.64. The van der Waals surface area contributed by atoms with E-state index in [-0.39, 0.29) is 6.29 Å². The Balaban J connectivity index is 3.24. The Morgan fingerprint density at radius 1 is 1.38 bits per heavy atom. The second-order valence-electron chi connectivity index (χ2n) is 2.69. The number of aromatic carboxylic acids is 1. The molecule has 86 valence electrons. The number of carbonyl (C=O) groups is 2. The highest BCUT2D eigenvalue weighted by molar-refractivity contribution is 5.98. The summed E-state index contributed by atoms with van der Waals surface area (Å²) in [4.78, 5) is 21.1. The first-order chi connectivity index (χ1) is 7.35. The van der Waals surface area contributed by atoms with Crippen molar-refractivity contribution in [3.63, 3.8) is 0 Å². The van der Waals surface area contributed by atoms with Gasteiger partial charge in [0, 0.05) is 0 Å². The van der Waals surface area contributed by atoms with Crippen molar-refractivity contribution in [2.45, 2.75) is 6.36 Å². The van der Waals surface area contributed by atoms with E-state index in [0.717, 1.165) is 18.2 Å². The van der Waals surface area contributed by atoms with E-state index >= 15 is 0 Å². The second-order valence-corrected chi connectivity index (χ2v) is 2.69. The van der Waals surface area contributed by atoms with E-state index in [4.69, 9.17) is 5.11 Å². The molecule has 1 aromatic rings. The van der Waals surface area contributed by atoms with Gasteiger partial charge in [-0.1, -0.05) is 6.07 Å². The number of ether oxygens (including phenoxy) is 1. The summed E-state index contributed by atoms with van der Waals surface area (Å²) in [5.74, 6) is -2.34. The van der Waals surface area contributed by atoms with Gasteiger partial charge in [0.25, 0.3) is 0 Å². The Morgan fingerprint density at radius 3 is 2.44 bits per heavy atom. The molecule has 0 aliphatic carbocycles. The Hall–Kier alpha value is -2.05. The van der Waals surface area contributed by atoms with Gasteiger partial charge in [0.15, 0.2) is 6.29 Å². The summed E-state index contributed by atoms with van der Waals surface area (Å²) in [5.41, 5.74) is -1.19. The topological polar surface area (TPSA) is 63.6 Å². The quantitative estimate of drug-likeness (QED) is 0.813. The number of carboxylic acids is 1. The van der Waals surface area contributed by atoms with Crippen LogP contribution in [0, 0.1) is 0 Å². The molecule has 1 aromatic carbocycles. The molecule has 0 aliphatic rings. The summed E-state index contributed by atoms with van der Waals surface area (Å²) < 4.78 is 39.2. The molecule has 0 saturated heterocycles. The molecular formula is C9H5F3O4. The fourth-order valence-corrected chi connectivity index (χ4v) is 1.07. The van der Waals surface area contributed by atoms with E-state index in [2.05, 4.69) is 4.74 Å². The zero-order chi connectivity index (χ0) is 12.3. The van der Waals surface area contributed by atoms with Gasteiger partial charge in [0.1, 0.15) is 5.75 Å². The van der Waals surface area contributed by atoms with Crippen molar-refractivity contribution in [1.82, 2.24) is 0 Å². The lowest BCUT2D eigenvalue weighted by atomic mass is 10.1. The predicted molar refractivity (Wildman–Crippen MR) is 45.5 cm³/mol. The molecule has 0 bridgehead atoms. The Morgan fingerprint density at radius 2 is 2.00 bits per heavy atom. The van der Waals surface area contributed by atoms with Gasteiger partial charge >= 0.3 is 12.3 Å². The number of rotatable bonds is 3. The third kappa shape index (κ3) is 2.72. The fraction of sp³-hybridized carbons (Fsp3) is 0.111. The molecule has 0 atom stereocenters. The van der Waals surface area contributed by atoms with Crippen molar-refractivity contribution in [3.05, 3.63) is 29.3 Å². The molecule has 0 saturated carbocycles. The van der Waals surface area contributed by atoms with Gasteiger partial charge in [-0.25, -0.2) is 4.79 Å². The molecule has 0 radical (unpaired) electrons. The maximum absolute atomic E-state index is 11.9. The normalized spacial score (nSPS) is 10.9. The highest BCUT2D eigenvalue weighted by Gasteiger charge is 2.32. The van der Waals surface area contributed by atoms with E-state index in [1.165, 1.54) is 0 Å². The number of hydrogen-bond donors (Lipinski definition) is 1. The van der Waals surface area contributed by atoms with Crippen molar-refractivity contribution < 1.29 is 32.6 Å². The zero-order valence-corrected chi connectivity index (χ0v) is 7.62. The van der Waals surface area contributed by atoms with Crippen LogP contribution in [0.4, 0.5) is 13.2 Å². The molecule has 7 heteroatoms. The van der Waals surface area contributed by atoms with Crippen LogP contribution in [-0.2, 0) is 0 Å². The van der Waals surface area contributed by atoms with Crippen LogP contribution in [0.5, 0.6) is 5.75 Å². The van der Waals surface area contributed by atoms with E-state index < -0.39 is 29.2 Å². The van der Waals surface area contributed by atoms with Gasteiger partial charge in [0.2, 0.25) is 0 Å². The van der Waals surface area contributed by atoms with Gasteiger partial charge in [-0.2, -0.15) is 0 Å². The lowest BCUT2D eigenvalue weighted by molar-refractivity contribution is -0.274. The first-order valence-electron chi connectivity index (χ1n) is 3.92. The van der Waals surface area contributed by atoms with Gasteiger partial charge < -0.3 is 9.84 Å². The predicted octanol–water partition coefficient (Wildman–Crippen LogP) is 2.10. The van der Waals surface area contributed by atoms with Gasteiger partial charge in [-0.3, -0.25) is 4.79 Å². The number of alkyl halides is 3. The van der Waals surface area contributed by atoms with Crippen molar-refractivity contribution in [3.8, 4) is 5.75 Å². The highest BCUT2D eigenvalue weighted by Crippen LogP contribution is 2.27. The SMILES string of the molecule is O=Cc1c(OC(F)(F)F)cccc1C(=O)O. The molecule has 0 heterocycles. The maximum atomic E-state index is 11.9. The Labute approximate surface area is 87.3 Å². The lowest BCUT2D eigenvalue weighted by Gasteiger charge is -2.11. The van der Waals surface area contributed by atoms with E-state index in [9.17, 15) is 22.8 Å². The summed E-state index contributed by atoms with van der Waals surface area (Å²) in [5, 5.41) is 8.62. The second kappa shape index (κ2) is 4.21. The number of benzene rings is 1. The van der Waals surface area contributed by atoms with Gasteiger partial charge in [-0.15, -0.1) is 13.2 Å². The molecule has 1 N–H and O–H groups in total. The average molecular weight is 234 g/mol. The van der Waals surface area contributed by atoms with Gasteiger partial charge in [-0.05, 0) is 12.1 Å². The molecule has 0 fully saturated rings. The van der Waals surface area contributed by atoms with Crippen LogP contribution in [0.1, 0.15) is 20.7 Å². The maximum Gasteiger partial charge on any atom is 0.573 e. The molecule has 4 nitrogen and oxygen atoms in total. The van der Waals surface area contributed by atoms with Crippen LogP contribution in [0.25, 0.3) is 0 Å². The molecule has 0 spiro atoms. The van der Waals surface area contributed by atoms with Crippen LogP contribution in [-0.4, -0.2) is 23.7 Å². The molecule has 1 rings (SSSR count). The molecule has 0 amide bonds. The zero-order valence-electron chi connectivity index (χ0n) is 7.62. The average Bonchev–Trinajstić information content (AvgIpc) is 2.14. The summed E-state index contributed by atoms with van der Waals surface area (Å²) in [6.07, 6.45) is -4.97. The summed E-state index contributed by atoms with van der Waals surface area (Å²) in [7, 11) is 0. The Bertz CT molecular complexity index is 425. The number of carbonyl (C=O) groups excluding carboxylic acids is 1. The van der Waals surface area contributed by atoms with E-state index in [0.29, 0.717) is 0 Å². The van der Waals surface area contributed by atoms with E-state index in [1.807, 2.05) is 0 Å². The summed E-state index contributed by atoms with van der Waals surface area (Å²) in [6.45, 7) is 0. The lowest BCUT2D eigenvalue weighted by Crippen LogP contribution is -2.19. The van der Waals surface area contributed by atoms with Gasteiger partial charge in [0.05, 0.1) is 11.1 Å². The van der Waals surface area contributed by atoms with Crippen molar-refractivity contribution in [2.75, 3.05) is 0 Å². The standard InChI is InChI=1S/C9H5F3O4/c10-9(11,12)16-7-3-1-2-5(8(14)15)6(7)4-13/h1-4H,(H,14,15). The molecule has 0 aromatic heterocycles. The van der Waals surface area contributed by atoms with Crippen LogP contribution in [0.3, 0.4) is 0 Å². The number of halogens is 3. The fourth-order valence-electron chi connectivity index (χ4n) is 1.07. The summed E-state index contributed by atoms with van der Waals surface area (Å²) in [6, 6.07) is 2.93. The molecule has 0 unspecified atom stereocenters. The van der Waals surface area contributed by atoms with Crippen molar-refractivity contribution >= 4 is 12.3 Å². The third-order valence-corrected chi connectivity index (χ3v) is 1.64. The number of carboxylic acid groups (broad SMARTS) is 1.